The third kappa shape index (κ3) is 9.54. The van der Waals surface area contributed by atoms with Gasteiger partial charge in [-0.2, -0.15) is 0 Å². The zero-order valence-corrected chi connectivity index (χ0v) is 16.8. The number of nitrogens with zero attached hydrogens (tertiary/aromatic N) is 1. The lowest BCUT2D eigenvalue weighted by molar-refractivity contribution is -0.139. The van der Waals surface area contributed by atoms with Gasteiger partial charge in [0.15, 0.2) is 0 Å². The Morgan fingerprint density at radius 1 is 0.926 bits per heavy atom. The zero-order chi connectivity index (χ0) is 20.1. The fourth-order valence-electron chi connectivity index (χ4n) is 3.07. The normalized spacial score (nSPS) is 16.7. The molecule has 1 aliphatic rings. The van der Waals surface area contributed by atoms with Gasteiger partial charge in [0.05, 0.1) is 0 Å². The second-order valence-corrected chi connectivity index (χ2v) is 7.31. The minimum atomic E-state index is -0.186. The molecule has 7 heteroatoms. The van der Waals surface area contributed by atoms with Crippen LogP contribution in [0.25, 0.3) is 0 Å². The number of carbonyl (C=O) groups is 4. The Bertz CT molecular complexity index is 507. The molecule has 0 aromatic rings. The molecule has 1 atom stereocenters. The van der Waals surface area contributed by atoms with Crippen LogP contribution >= 0.6 is 0 Å². The van der Waals surface area contributed by atoms with Crippen molar-refractivity contribution in [2.75, 3.05) is 19.6 Å². The summed E-state index contributed by atoms with van der Waals surface area (Å²) in [6.07, 6.45) is 7.28. The molecule has 0 spiro atoms. The lowest BCUT2D eigenvalue weighted by Gasteiger charge is -2.13. The Labute approximate surface area is 162 Å². The highest BCUT2D eigenvalue weighted by Crippen LogP contribution is 2.19. The van der Waals surface area contributed by atoms with Gasteiger partial charge in [-0.3, -0.25) is 24.1 Å². The Morgan fingerprint density at radius 2 is 1.52 bits per heavy atom. The molecule has 4 amide bonds. The SMILES string of the molecule is CCCNC(=O)CCCCCNC(=O)CCCCCN1C(=O)CC(C)C1=O. The van der Waals surface area contributed by atoms with Gasteiger partial charge in [-0.15, -0.1) is 0 Å². The Balaban J connectivity index is 1.94. The summed E-state index contributed by atoms with van der Waals surface area (Å²) in [5.74, 6) is -0.187. The molecular weight excluding hydrogens is 346 g/mol. The predicted octanol–water partition coefficient (Wildman–Crippen LogP) is 2.14. The molecule has 27 heavy (non-hydrogen) atoms. The number of hydrogen-bond donors (Lipinski definition) is 2. The summed E-state index contributed by atoms with van der Waals surface area (Å²) in [5.41, 5.74) is 0. The summed E-state index contributed by atoms with van der Waals surface area (Å²) in [7, 11) is 0. The lowest BCUT2D eigenvalue weighted by atomic mass is 10.1. The van der Waals surface area contributed by atoms with Crippen molar-refractivity contribution in [2.24, 2.45) is 5.92 Å². The van der Waals surface area contributed by atoms with E-state index in [0.29, 0.717) is 32.4 Å². The number of hydrogen-bond acceptors (Lipinski definition) is 4. The van der Waals surface area contributed by atoms with Crippen molar-refractivity contribution in [2.45, 2.75) is 78.1 Å². The second kappa shape index (κ2) is 13.3. The molecule has 1 rings (SSSR count). The maximum Gasteiger partial charge on any atom is 0.232 e. The summed E-state index contributed by atoms with van der Waals surface area (Å²) < 4.78 is 0. The van der Waals surface area contributed by atoms with Crippen LogP contribution in [0, 0.1) is 5.92 Å². The molecule has 0 aromatic heterocycles. The number of nitrogens with one attached hydrogen (secondary N) is 2. The number of likely N-dealkylation sites (tertiary alicyclic amines) is 1. The van der Waals surface area contributed by atoms with Gasteiger partial charge in [0.2, 0.25) is 23.6 Å². The number of amides is 4. The van der Waals surface area contributed by atoms with Gasteiger partial charge in [-0.1, -0.05) is 26.7 Å². The first kappa shape index (κ1) is 23.1. The van der Waals surface area contributed by atoms with Crippen molar-refractivity contribution >= 4 is 23.6 Å². The van der Waals surface area contributed by atoms with Crippen molar-refractivity contribution in [1.29, 1.82) is 0 Å². The van der Waals surface area contributed by atoms with E-state index in [-0.39, 0.29) is 29.5 Å². The maximum atomic E-state index is 11.8. The lowest BCUT2D eigenvalue weighted by Crippen LogP contribution is -2.31. The highest BCUT2D eigenvalue weighted by atomic mass is 16.2. The van der Waals surface area contributed by atoms with Crippen LogP contribution in [0.1, 0.15) is 78.1 Å². The molecule has 1 fully saturated rings. The first-order valence-electron chi connectivity index (χ1n) is 10.3. The average Bonchev–Trinajstić information content (AvgIpc) is 2.88. The third-order valence-corrected chi connectivity index (χ3v) is 4.73. The van der Waals surface area contributed by atoms with Crippen molar-refractivity contribution < 1.29 is 19.2 Å². The third-order valence-electron chi connectivity index (χ3n) is 4.73. The zero-order valence-electron chi connectivity index (χ0n) is 16.8. The van der Waals surface area contributed by atoms with Crippen LogP contribution in [-0.2, 0) is 19.2 Å². The summed E-state index contributed by atoms with van der Waals surface area (Å²) in [4.78, 5) is 48.0. The summed E-state index contributed by atoms with van der Waals surface area (Å²) >= 11 is 0. The largest absolute Gasteiger partial charge is 0.356 e. The Morgan fingerprint density at radius 3 is 2.07 bits per heavy atom. The monoisotopic (exact) mass is 381 g/mol. The van der Waals surface area contributed by atoms with E-state index in [9.17, 15) is 19.2 Å². The van der Waals surface area contributed by atoms with Crippen molar-refractivity contribution in [3.05, 3.63) is 0 Å². The smallest absolute Gasteiger partial charge is 0.232 e. The van der Waals surface area contributed by atoms with Gasteiger partial charge in [0, 0.05) is 44.8 Å². The number of unbranched alkanes of at least 4 members (excludes halogenated alkanes) is 4. The molecule has 0 radical (unpaired) electrons. The van der Waals surface area contributed by atoms with E-state index in [1.807, 2.05) is 6.92 Å². The van der Waals surface area contributed by atoms with Gasteiger partial charge in [0.1, 0.15) is 0 Å². The molecular formula is C20H35N3O4. The van der Waals surface area contributed by atoms with E-state index < -0.39 is 0 Å². The Kier molecular flexibility index (Phi) is 11.4. The van der Waals surface area contributed by atoms with Gasteiger partial charge in [-0.25, -0.2) is 0 Å². The van der Waals surface area contributed by atoms with E-state index in [1.54, 1.807) is 6.92 Å². The summed E-state index contributed by atoms with van der Waals surface area (Å²) in [6, 6.07) is 0. The van der Waals surface area contributed by atoms with Crippen molar-refractivity contribution in [1.82, 2.24) is 15.5 Å². The van der Waals surface area contributed by atoms with Crippen LogP contribution in [0.2, 0.25) is 0 Å². The van der Waals surface area contributed by atoms with Crippen LogP contribution in [0.15, 0.2) is 0 Å². The molecule has 0 aromatic carbocycles. The predicted molar refractivity (Wildman–Crippen MR) is 104 cm³/mol. The molecule has 154 valence electrons. The van der Waals surface area contributed by atoms with E-state index in [4.69, 9.17) is 0 Å². The second-order valence-electron chi connectivity index (χ2n) is 7.31. The molecule has 2 N–H and O–H groups in total. The van der Waals surface area contributed by atoms with Crippen LogP contribution in [0.4, 0.5) is 0 Å². The molecule has 0 saturated carbocycles. The fraction of sp³-hybridized carbons (Fsp3) is 0.800. The molecule has 7 nitrogen and oxygen atoms in total. The molecule has 0 bridgehead atoms. The molecule has 1 saturated heterocycles. The van der Waals surface area contributed by atoms with Gasteiger partial charge < -0.3 is 10.6 Å². The minimum absolute atomic E-state index is 0.0395. The maximum absolute atomic E-state index is 11.8. The van der Waals surface area contributed by atoms with Gasteiger partial charge >= 0.3 is 0 Å². The standard InChI is InChI=1S/C20H35N3O4/c1-3-12-21-17(24)10-6-4-8-13-22-18(25)11-7-5-9-14-23-19(26)15-16(2)20(23)27/h16H,3-15H2,1-2H3,(H,21,24)(H,22,25). The van der Waals surface area contributed by atoms with Crippen LogP contribution in [-0.4, -0.2) is 48.2 Å². The van der Waals surface area contributed by atoms with Crippen LogP contribution in [0.5, 0.6) is 0 Å². The average molecular weight is 382 g/mol. The summed E-state index contributed by atoms with van der Waals surface area (Å²) in [6.45, 7) is 5.66. The first-order valence-corrected chi connectivity index (χ1v) is 10.3. The molecule has 1 heterocycles. The highest BCUT2D eigenvalue weighted by molar-refractivity contribution is 6.03. The molecule has 1 unspecified atom stereocenters. The van der Waals surface area contributed by atoms with Gasteiger partial charge in [-0.05, 0) is 32.1 Å². The number of rotatable bonds is 14. The van der Waals surface area contributed by atoms with Crippen LogP contribution in [0.3, 0.4) is 0 Å². The van der Waals surface area contributed by atoms with E-state index in [2.05, 4.69) is 10.6 Å². The van der Waals surface area contributed by atoms with Crippen molar-refractivity contribution in [3.8, 4) is 0 Å². The molecule has 0 aliphatic carbocycles. The van der Waals surface area contributed by atoms with Crippen molar-refractivity contribution in [3.63, 3.8) is 0 Å². The van der Waals surface area contributed by atoms with Gasteiger partial charge in [0.25, 0.3) is 0 Å². The van der Waals surface area contributed by atoms with E-state index in [0.717, 1.165) is 51.5 Å². The number of imide groups is 1. The number of carbonyl (C=O) groups excluding carboxylic acids is 4. The van der Waals surface area contributed by atoms with Crippen LogP contribution < -0.4 is 10.6 Å². The quantitative estimate of drug-likeness (QED) is 0.356. The highest BCUT2D eigenvalue weighted by Gasteiger charge is 2.34. The Hall–Kier alpha value is -1.92. The topological polar surface area (TPSA) is 95.6 Å². The van der Waals surface area contributed by atoms with E-state index >= 15 is 0 Å². The first-order chi connectivity index (χ1) is 13.0. The molecule has 1 aliphatic heterocycles. The summed E-state index contributed by atoms with van der Waals surface area (Å²) in [5, 5.41) is 5.75. The van der Waals surface area contributed by atoms with E-state index in [1.165, 1.54) is 4.90 Å². The fourth-order valence-corrected chi connectivity index (χ4v) is 3.07. The minimum Gasteiger partial charge on any atom is -0.356 e.